The van der Waals surface area contributed by atoms with Crippen molar-refractivity contribution in [3.63, 3.8) is 0 Å². The number of amides is 1. The summed E-state index contributed by atoms with van der Waals surface area (Å²) >= 11 is 0. The minimum Gasteiger partial charge on any atom is -0.347 e. The molecule has 1 saturated heterocycles. The van der Waals surface area contributed by atoms with Gasteiger partial charge in [0.25, 0.3) is 0 Å². The summed E-state index contributed by atoms with van der Waals surface area (Å²) in [6, 6.07) is 9.89. The normalized spacial score (nSPS) is 17.1. The smallest absolute Gasteiger partial charge is 0.225 e. The number of benzene rings is 1. The zero-order valence-corrected chi connectivity index (χ0v) is 17.3. The second kappa shape index (κ2) is 8.99. The van der Waals surface area contributed by atoms with Gasteiger partial charge in [-0.05, 0) is 50.0 Å². The van der Waals surface area contributed by atoms with Gasteiger partial charge in [-0.2, -0.15) is 0 Å². The number of halogens is 2. The van der Waals surface area contributed by atoms with Crippen LogP contribution in [0, 0.1) is 23.0 Å². The largest absolute Gasteiger partial charge is 0.347 e. The molecule has 29 heavy (non-hydrogen) atoms. The summed E-state index contributed by atoms with van der Waals surface area (Å²) < 4.78 is 27.4. The van der Waals surface area contributed by atoms with Gasteiger partial charge >= 0.3 is 0 Å². The highest BCUT2D eigenvalue weighted by molar-refractivity contribution is 5.81. The molecule has 0 bridgehead atoms. The first kappa shape index (κ1) is 21.4. The van der Waals surface area contributed by atoms with Gasteiger partial charge in [-0.15, -0.1) is 0 Å². The maximum absolute atomic E-state index is 14.0. The molecule has 1 atom stereocenters. The molecule has 2 aromatic rings. The van der Waals surface area contributed by atoms with Gasteiger partial charge in [-0.1, -0.05) is 39.0 Å². The molecule has 1 aliphatic heterocycles. The number of aromatic nitrogens is 1. The molecule has 156 valence electrons. The average Bonchev–Trinajstić information content (AvgIpc) is 2.70. The van der Waals surface area contributed by atoms with Crippen LogP contribution in [0.3, 0.4) is 0 Å². The summed E-state index contributed by atoms with van der Waals surface area (Å²) in [4.78, 5) is 19.3. The molecule has 2 heterocycles. The highest BCUT2D eigenvalue weighted by Crippen LogP contribution is 2.32. The van der Waals surface area contributed by atoms with Gasteiger partial charge in [0.05, 0.1) is 11.7 Å². The topological polar surface area (TPSA) is 45.2 Å². The Labute approximate surface area is 171 Å². The highest BCUT2D eigenvalue weighted by Gasteiger charge is 2.32. The molecule has 6 heteroatoms. The quantitative estimate of drug-likeness (QED) is 0.804. The zero-order valence-electron chi connectivity index (χ0n) is 17.3. The first-order valence-electron chi connectivity index (χ1n) is 10.1. The van der Waals surface area contributed by atoms with Crippen molar-refractivity contribution in [2.45, 2.75) is 46.2 Å². The lowest BCUT2D eigenvalue weighted by Gasteiger charge is -2.37. The van der Waals surface area contributed by atoms with Crippen molar-refractivity contribution < 1.29 is 13.6 Å². The standard InChI is InChI=1S/C23H29F2N3O/c1-23(2,3)22(29)27-21(19-9-4-5-12-26-19)16-10-13-28(14-11-16)15-17-7-6-8-18(24)20(17)25/h4-9,12,16,21H,10-11,13-15H2,1-3H3,(H,27,29). The van der Waals surface area contributed by atoms with Crippen LogP contribution in [0.2, 0.25) is 0 Å². The van der Waals surface area contributed by atoms with Crippen LogP contribution in [-0.2, 0) is 11.3 Å². The molecule has 4 nitrogen and oxygen atoms in total. The van der Waals surface area contributed by atoms with Gasteiger partial charge in [0.15, 0.2) is 11.6 Å². The fourth-order valence-electron chi connectivity index (χ4n) is 3.71. The molecule has 1 unspecified atom stereocenters. The number of hydrogen-bond donors (Lipinski definition) is 1. The summed E-state index contributed by atoms with van der Waals surface area (Å²) in [5.41, 5.74) is 0.758. The predicted molar refractivity (Wildman–Crippen MR) is 109 cm³/mol. The Balaban J connectivity index is 1.68. The van der Waals surface area contributed by atoms with Crippen LogP contribution < -0.4 is 5.32 Å². The zero-order chi connectivity index (χ0) is 21.0. The van der Waals surface area contributed by atoms with Crippen LogP contribution in [0.4, 0.5) is 8.78 Å². The van der Waals surface area contributed by atoms with E-state index in [-0.39, 0.29) is 17.9 Å². The molecule has 0 radical (unpaired) electrons. The molecule has 1 N–H and O–H groups in total. The number of carbonyl (C=O) groups is 1. The average molecular weight is 402 g/mol. The summed E-state index contributed by atoms with van der Waals surface area (Å²) in [5.74, 6) is -1.34. The van der Waals surface area contributed by atoms with E-state index in [1.807, 2.05) is 39.0 Å². The van der Waals surface area contributed by atoms with Gasteiger partial charge in [-0.3, -0.25) is 14.7 Å². The van der Waals surface area contributed by atoms with E-state index >= 15 is 0 Å². The van der Waals surface area contributed by atoms with Crippen molar-refractivity contribution in [1.29, 1.82) is 0 Å². The fraction of sp³-hybridized carbons (Fsp3) is 0.478. The van der Waals surface area contributed by atoms with E-state index in [4.69, 9.17) is 0 Å². The summed E-state index contributed by atoms with van der Waals surface area (Å²) in [6.07, 6.45) is 3.44. The number of pyridine rings is 1. The van der Waals surface area contributed by atoms with Gasteiger partial charge in [0.2, 0.25) is 5.91 Å². The first-order valence-corrected chi connectivity index (χ1v) is 10.1. The van der Waals surface area contributed by atoms with Crippen LogP contribution in [-0.4, -0.2) is 28.9 Å². The van der Waals surface area contributed by atoms with Crippen LogP contribution in [0.5, 0.6) is 0 Å². The summed E-state index contributed by atoms with van der Waals surface area (Å²) in [7, 11) is 0. The third kappa shape index (κ3) is 5.38. The first-order chi connectivity index (χ1) is 13.8. The van der Waals surface area contributed by atoms with Crippen molar-refractivity contribution in [3.05, 3.63) is 65.5 Å². The molecule has 0 spiro atoms. The van der Waals surface area contributed by atoms with E-state index in [9.17, 15) is 13.6 Å². The predicted octanol–water partition coefficient (Wildman–Crippen LogP) is 4.48. The molecule has 3 rings (SSSR count). The van der Waals surface area contributed by atoms with Crippen LogP contribution in [0.1, 0.15) is 50.9 Å². The number of nitrogens with one attached hydrogen (secondary N) is 1. The van der Waals surface area contributed by atoms with Crippen molar-refractivity contribution in [1.82, 2.24) is 15.2 Å². The maximum Gasteiger partial charge on any atom is 0.225 e. The molecular weight excluding hydrogens is 372 g/mol. The number of likely N-dealkylation sites (tertiary alicyclic amines) is 1. The van der Waals surface area contributed by atoms with E-state index in [0.717, 1.165) is 37.7 Å². The van der Waals surface area contributed by atoms with Gasteiger partial charge < -0.3 is 5.32 Å². The lowest BCUT2D eigenvalue weighted by atomic mass is 9.85. The Hall–Kier alpha value is -2.34. The van der Waals surface area contributed by atoms with E-state index < -0.39 is 17.0 Å². The van der Waals surface area contributed by atoms with Gasteiger partial charge in [0.1, 0.15) is 0 Å². The number of hydrogen-bond acceptors (Lipinski definition) is 3. The fourth-order valence-corrected chi connectivity index (χ4v) is 3.71. The molecule has 1 aromatic carbocycles. The Morgan fingerprint density at radius 3 is 2.52 bits per heavy atom. The molecule has 0 aliphatic carbocycles. The van der Waals surface area contributed by atoms with Crippen LogP contribution in [0.25, 0.3) is 0 Å². The van der Waals surface area contributed by atoms with Crippen molar-refractivity contribution in [2.75, 3.05) is 13.1 Å². The SMILES string of the molecule is CC(C)(C)C(=O)NC(c1ccccn1)C1CCN(Cc2cccc(F)c2F)CC1. The lowest BCUT2D eigenvalue weighted by molar-refractivity contribution is -0.129. The summed E-state index contributed by atoms with van der Waals surface area (Å²) in [5, 5.41) is 3.19. The second-order valence-electron chi connectivity index (χ2n) is 8.78. The van der Waals surface area contributed by atoms with Crippen LogP contribution in [0.15, 0.2) is 42.6 Å². The number of piperidine rings is 1. The molecule has 0 saturated carbocycles. The Morgan fingerprint density at radius 1 is 1.17 bits per heavy atom. The molecule has 1 aliphatic rings. The van der Waals surface area contributed by atoms with Crippen molar-refractivity contribution >= 4 is 5.91 Å². The van der Waals surface area contributed by atoms with Crippen LogP contribution >= 0.6 is 0 Å². The lowest BCUT2D eigenvalue weighted by Crippen LogP contribution is -2.44. The van der Waals surface area contributed by atoms with E-state index in [0.29, 0.717) is 12.1 Å². The van der Waals surface area contributed by atoms with E-state index in [1.54, 1.807) is 18.3 Å². The van der Waals surface area contributed by atoms with E-state index in [2.05, 4.69) is 15.2 Å². The van der Waals surface area contributed by atoms with Crippen molar-refractivity contribution in [3.8, 4) is 0 Å². The third-order valence-electron chi connectivity index (χ3n) is 5.50. The maximum atomic E-state index is 14.0. The molecule has 1 aromatic heterocycles. The number of nitrogens with zero attached hydrogens (tertiary/aromatic N) is 2. The molecule has 1 amide bonds. The number of rotatable bonds is 5. The highest BCUT2D eigenvalue weighted by atomic mass is 19.2. The molecular formula is C23H29F2N3O. The van der Waals surface area contributed by atoms with Gasteiger partial charge in [0, 0.05) is 23.7 Å². The minimum absolute atomic E-state index is 0.00239. The monoisotopic (exact) mass is 401 g/mol. The molecule has 1 fully saturated rings. The third-order valence-corrected chi connectivity index (χ3v) is 5.50. The Morgan fingerprint density at radius 2 is 1.90 bits per heavy atom. The summed E-state index contributed by atoms with van der Waals surface area (Å²) in [6.45, 7) is 7.60. The van der Waals surface area contributed by atoms with Crippen molar-refractivity contribution in [2.24, 2.45) is 11.3 Å². The number of carbonyl (C=O) groups excluding carboxylic acids is 1. The second-order valence-corrected chi connectivity index (χ2v) is 8.78. The van der Waals surface area contributed by atoms with E-state index in [1.165, 1.54) is 0 Å². The Kier molecular flexibility index (Phi) is 6.63. The Bertz CT molecular complexity index is 828. The van der Waals surface area contributed by atoms with Gasteiger partial charge in [-0.25, -0.2) is 8.78 Å². The minimum atomic E-state index is -0.808.